The van der Waals surface area contributed by atoms with Crippen LogP contribution in [0.1, 0.15) is 42.1 Å². The first-order chi connectivity index (χ1) is 16.7. The zero-order valence-electron chi connectivity index (χ0n) is 19.4. The Labute approximate surface area is 200 Å². The van der Waals surface area contributed by atoms with Crippen LogP contribution in [0.5, 0.6) is 11.5 Å². The van der Waals surface area contributed by atoms with Gasteiger partial charge in [-0.1, -0.05) is 67.6 Å². The lowest BCUT2D eigenvalue weighted by atomic mass is 9.83. The first kappa shape index (κ1) is 22.4. The van der Waals surface area contributed by atoms with Gasteiger partial charge in [-0.15, -0.1) is 0 Å². The number of nitrogens with zero attached hydrogens (tertiary/aromatic N) is 1. The SMILES string of the molecule is CCCOc1cccc(C2C3C(NNC3c3ccccc3O)C(=O)N2CCc2ccccc2)c1. The van der Waals surface area contributed by atoms with E-state index in [0.717, 1.165) is 29.7 Å². The van der Waals surface area contributed by atoms with Crippen LogP contribution < -0.4 is 15.6 Å². The molecule has 4 unspecified atom stereocenters. The van der Waals surface area contributed by atoms with Crippen molar-refractivity contribution in [2.75, 3.05) is 13.2 Å². The van der Waals surface area contributed by atoms with E-state index in [1.54, 1.807) is 6.07 Å². The number of amides is 1. The lowest BCUT2D eigenvalue weighted by Gasteiger charge is -2.31. The van der Waals surface area contributed by atoms with Crippen molar-refractivity contribution in [3.63, 3.8) is 0 Å². The van der Waals surface area contributed by atoms with Gasteiger partial charge in [0.2, 0.25) is 5.91 Å². The summed E-state index contributed by atoms with van der Waals surface area (Å²) in [4.78, 5) is 15.6. The number of hydrogen-bond donors (Lipinski definition) is 3. The van der Waals surface area contributed by atoms with Crippen LogP contribution in [-0.2, 0) is 11.2 Å². The third-order valence-electron chi connectivity index (χ3n) is 6.84. The van der Waals surface area contributed by atoms with E-state index in [1.807, 2.05) is 53.4 Å². The molecule has 0 radical (unpaired) electrons. The van der Waals surface area contributed by atoms with Crippen LogP contribution in [0.3, 0.4) is 0 Å². The molecule has 2 saturated heterocycles. The van der Waals surface area contributed by atoms with Crippen LogP contribution in [0.25, 0.3) is 0 Å². The molecule has 0 aromatic heterocycles. The van der Waals surface area contributed by atoms with Gasteiger partial charge in [-0.3, -0.25) is 4.79 Å². The number of fused-ring (bicyclic) bond motifs is 1. The number of phenolic OH excluding ortho intramolecular Hbond substituents is 1. The van der Waals surface area contributed by atoms with Crippen LogP contribution >= 0.6 is 0 Å². The normalized spacial score (nSPS) is 23.8. The summed E-state index contributed by atoms with van der Waals surface area (Å²) in [6, 6.07) is 25.0. The van der Waals surface area contributed by atoms with Gasteiger partial charge >= 0.3 is 0 Å². The summed E-state index contributed by atoms with van der Waals surface area (Å²) in [5, 5.41) is 10.6. The Bertz CT molecular complexity index is 1140. The molecule has 3 N–H and O–H groups in total. The summed E-state index contributed by atoms with van der Waals surface area (Å²) in [7, 11) is 0. The predicted molar refractivity (Wildman–Crippen MR) is 131 cm³/mol. The Morgan fingerprint density at radius 3 is 2.50 bits per heavy atom. The summed E-state index contributed by atoms with van der Waals surface area (Å²) in [6.45, 7) is 3.36. The van der Waals surface area contributed by atoms with Crippen LogP contribution in [0.4, 0.5) is 0 Å². The molecule has 6 heteroatoms. The first-order valence-corrected chi connectivity index (χ1v) is 12.0. The number of hydrazine groups is 1. The molecule has 1 amide bonds. The molecule has 2 heterocycles. The quantitative estimate of drug-likeness (QED) is 0.474. The molecular weight excluding hydrogens is 426 g/mol. The summed E-state index contributed by atoms with van der Waals surface area (Å²) in [5.41, 5.74) is 9.59. The van der Waals surface area contributed by atoms with E-state index in [-0.39, 0.29) is 35.7 Å². The van der Waals surface area contributed by atoms with Crippen molar-refractivity contribution >= 4 is 5.91 Å². The molecular formula is C28H31N3O3. The lowest BCUT2D eigenvalue weighted by molar-refractivity contribution is -0.130. The fourth-order valence-electron chi connectivity index (χ4n) is 5.27. The standard InChI is InChI=1S/C28H31N3O3/c1-2-17-34-21-12-8-11-20(18-21)27-24-25(22-13-6-7-14-23(22)32)29-30-26(24)28(33)31(27)16-15-19-9-4-3-5-10-19/h3-14,18,24-27,29-30,32H,2,15-17H2,1H3. The van der Waals surface area contributed by atoms with Crippen LogP contribution in [0, 0.1) is 5.92 Å². The van der Waals surface area contributed by atoms with Gasteiger partial charge in [0.15, 0.2) is 0 Å². The van der Waals surface area contributed by atoms with Gasteiger partial charge in [0.1, 0.15) is 17.5 Å². The van der Waals surface area contributed by atoms with Gasteiger partial charge in [0.05, 0.1) is 18.7 Å². The van der Waals surface area contributed by atoms with Gasteiger partial charge in [-0.05, 0) is 42.2 Å². The molecule has 0 saturated carbocycles. The van der Waals surface area contributed by atoms with E-state index in [1.165, 1.54) is 5.56 Å². The number of ether oxygens (including phenoxy) is 1. The minimum Gasteiger partial charge on any atom is -0.508 e. The van der Waals surface area contributed by atoms with Crippen molar-refractivity contribution in [3.8, 4) is 11.5 Å². The topological polar surface area (TPSA) is 73.8 Å². The number of likely N-dealkylation sites (tertiary alicyclic amines) is 1. The van der Waals surface area contributed by atoms with E-state index >= 15 is 0 Å². The number of para-hydroxylation sites is 1. The summed E-state index contributed by atoms with van der Waals surface area (Å²) in [5.74, 6) is 1.04. The number of phenols is 1. The molecule has 0 aliphatic carbocycles. The summed E-state index contributed by atoms with van der Waals surface area (Å²) < 4.78 is 5.91. The minimum atomic E-state index is -0.370. The number of carbonyl (C=O) groups excluding carboxylic acids is 1. The number of aromatic hydroxyl groups is 1. The van der Waals surface area contributed by atoms with Crippen molar-refractivity contribution < 1.29 is 14.6 Å². The smallest absolute Gasteiger partial charge is 0.242 e. The third-order valence-corrected chi connectivity index (χ3v) is 6.84. The Morgan fingerprint density at radius 2 is 1.71 bits per heavy atom. The molecule has 176 valence electrons. The zero-order chi connectivity index (χ0) is 23.5. The van der Waals surface area contributed by atoms with E-state index in [4.69, 9.17) is 4.74 Å². The second-order valence-electron chi connectivity index (χ2n) is 9.01. The zero-order valence-corrected chi connectivity index (χ0v) is 19.4. The van der Waals surface area contributed by atoms with Crippen molar-refractivity contribution in [3.05, 3.63) is 95.6 Å². The maximum Gasteiger partial charge on any atom is 0.242 e. The maximum atomic E-state index is 13.6. The van der Waals surface area contributed by atoms with E-state index in [0.29, 0.717) is 13.2 Å². The van der Waals surface area contributed by atoms with Gasteiger partial charge < -0.3 is 14.7 Å². The Hall–Kier alpha value is -3.35. The molecule has 5 rings (SSSR count). The average molecular weight is 458 g/mol. The second kappa shape index (κ2) is 9.87. The van der Waals surface area contributed by atoms with Crippen molar-refractivity contribution in [1.29, 1.82) is 0 Å². The van der Waals surface area contributed by atoms with Gasteiger partial charge in [0, 0.05) is 18.0 Å². The van der Waals surface area contributed by atoms with Crippen molar-refractivity contribution in [2.45, 2.75) is 37.9 Å². The number of hydrogen-bond acceptors (Lipinski definition) is 5. The molecule has 34 heavy (non-hydrogen) atoms. The van der Waals surface area contributed by atoms with Crippen LogP contribution in [0.2, 0.25) is 0 Å². The number of carbonyl (C=O) groups is 1. The lowest BCUT2D eigenvalue weighted by Crippen LogP contribution is -2.42. The fourth-order valence-corrected chi connectivity index (χ4v) is 5.27. The molecule has 2 fully saturated rings. The van der Waals surface area contributed by atoms with Gasteiger partial charge in [-0.2, -0.15) is 0 Å². The van der Waals surface area contributed by atoms with Crippen LogP contribution in [-0.4, -0.2) is 35.1 Å². The first-order valence-electron chi connectivity index (χ1n) is 12.0. The molecule has 3 aromatic rings. The largest absolute Gasteiger partial charge is 0.508 e. The predicted octanol–water partition coefficient (Wildman–Crippen LogP) is 4.14. The molecule has 4 atom stereocenters. The molecule has 2 aliphatic rings. The molecule has 3 aromatic carbocycles. The Kier molecular flexibility index (Phi) is 6.52. The Morgan fingerprint density at radius 1 is 0.941 bits per heavy atom. The highest BCUT2D eigenvalue weighted by atomic mass is 16.5. The third kappa shape index (κ3) is 4.27. The average Bonchev–Trinajstić information content (AvgIpc) is 3.41. The molecule has 0 bridgehead atoms. The van der Waals surface area contributed by atoms with E-state index in [2.05, 4.69) is 42.0 Å². The Balaban J connectivity index is 1.51. The number of nitrogens with one attached hydrogen (secondary N) is 2. The molecule has 0 spiro atoms. The molecule has 6 nitrogen and oxygen atoms in total. The monoisotopic (exact) mass is 457 g/mol. The van der Waals surface area contributed by atoms with Crippen LogP contribution in [0.15, 0.2) is 78.9 Å². The highest BCUT2D eigenvalue weighted by Gasteiger charge is 2.55. The highest BCUT2D eigenvalue weighted by Crippen LogP contribution is 2.48. The van der Waals surface area contributed by atoms with E-state index in [9.17, 15) is 9.90 Å². The van der Waals surface area contributed by atoms with Crippen molar-refractivity contribution in [1.82, 2.24) is 15.8 Å². The fraction of sp³-hybridized carbons (Fsp3) is 0.321. The van der Waals surface area contributed by atoms with Crippen molar-refractivity contribution in [2.24, 2.45) is 5.92 Å². The second-order valence-corrected chi connectivity index (χ2v) is 9.01. The number of rotatable bonds is 8. The minimum absolute atomic E-state index is 0.0798. The van der Waals surface area contributed by atoms with E-state index < -0.39 is 0 Å². The van der Waals surface area contributed by atoms with Gasteiger partial charge in [-0.25, -0.2) is 10.9 Å². The number of benzene rings is 3. The maximum absolute atomic E-state index is 13.6. The molecule has 2 aliphatic heterocycles. The summed E-state index contributed by atoms with van der Waals surface area (Å²) >= 11 is 0. The summed E-state index contributed by atoms with van der Waals surface area (Å²) in [6.07, 6.45) is 1.71. The highest BCUT2D eigenvalue weighted by molar-refractivity contribution is 5.86. The van der Waals surface area contributed by atoms with Gasteiger partial charge in [0.25, 0.3) is 0 Å².